The topological polar surface area (TPSA) is 46.5 Å². The largest absolute Gasteiger partial charge is 0.489 e. The molecule has 0 atom stereocenters. The Hall–Kier alpha value is -2.07. The number of carbonyl (C=O) groups is 1. The smallest absolute Gasteiger partial charge is 0.337 e. The van der Waals surface area contributed by atoms with Gasteiger partial charge in [-0.1, -0.05) is 23.7 Å². The van der Waals surface area contributed by atoms with Crippen molar-refractivity contribution in [2.45, 2.75) is 6.61 Å². The highest BCUT2D eigenvalue weighted by molar-refractivity contribution is 6.33. The number of carboxylic acid groups (broad SMARTS) is 1. The second-order valence-electron chi connectivity index (χ2n) is 3.87. The molecular weight excluding hydrogens is 271 g/mol. The number of benzene rings is 2. The third-order valence-electron chi connectivity index (χ3n) is 2.46. The molecule has 0 saturated carbocycles. The first kappa shape index (κ1) is 13.4. The number of hydrogen-bond donors (Lipinski definition) is 1. The van der Waals surface area contributed by atoms with Crippen molar-refractivity contribution >= 4 is 17.6 Å². The normalized spacial score (nSPS) is 10.2. The molecule has 0 radical (unpaired) electrons. The second kappa shape index (κ2) is 5.71. The molecule has 2 rings (SSSR count). The molecule has 2 aromatic carbocycles. The van der Waals surface area contributed by atoms with Crippen LogP contribution in [0.2, 0.25) is 5.02 Å². The summed E-state index contributed by atoms with van der Waals surface area (Å²) in [4.78, 5) is 10.9. The first-order valence-corrected chi connectivity index (χ1v) is 5.84. The van der Waals surface area contributed by atoms with Crippen LogP contribution in [0.4, 0.5) is 4.39 Å². The lowest BCUT2D eigenvalue weighted by Crippen LogP contribution is -2.01. The summed E-state index contributed by atoms with van der Waals surface area (Å²) in [6.45, 7) is 0.140. The molecular formula is C14H10ClFO3. The van der Waals surface area contributed by atoms with Crippen molar-refractivity contribution in [3.8, 4) is 5.75 Å². The van der Waals surface area contributed by atoms with E-state index in [1.165, 1.54) is 30.3 Å². The zero-order valence-electron chi connectivity index (χ0n) is 9.77. The Morgan fingerprint density at radius 1 is 1.26 bits per heavy atom. The average Bonchev–Trinajstić information content (AvgIpc) is 2.37. The quantitative estimate of drug-likeness (QED) is 0.927. The Morgan fingerprint density at radius 3 is 2.74 bits per heavy atom. The summed E-state index contributed by atoms with van der Waals surface area (Å²) >= 11 is 5.76. The molecule has 5 heteroatoms. The number of aromatic carboxylic acids is 1. The molecule has 0 aromatic heterocycles. The van der Waals surface area contributed by atoms with Gasteiger partial charge in [-0.3, -0.25) is 0 Å². The number of carboxylic acids is 1. The maximum atomic E-state index is 12.9. The van der Waals surface area contributed by atoms with Crippen LogP contribution >= 0.6 is 11.6 Å². The number of ether oxygens (including phenoxy) is 1. The maximum Gasteiger partial charge on any atom is 0.337 e. The average molecular weight is 281 g/mol. The minimum atomic E-state index is -1.10. The molecule has 0 amide bonds. The highest BCUT2D eigenvalue weighted by Gasteiger charge is 2.09. The van der Waals surface area contributed by atoms with Crippen LogP contribution in [0.3, 0.4) is 0 Å². The summed E-state index contributed by atoms with van der Waals surface area (Å²) in [7, 11) is 0. The fourth-order valence-corrected chi connectivity index (χ4v) is 1.75. The van der Waals surface area contributed by atoms with Gasteiger partial charge >= 0.3 is 5.97 Å². The van der Waals surface area contributed by atoms with Crippen molar-refractivity contribution in [3.63, 3.8) is 0 Å². The molecule has 0 fully saturated rings. The van der Waals surface area contributed by atoms with Gasteiger partial charge in [-0.2, -0.15) is 0 Å². The van der Waals surface area contributed by atoms with Gasteiger partial charge < -0.3 is 9.84 Å². The Labute approximate surface area is 114 Å². The van der Waals surface area contributed by atoms with Gasteiger partial charge in [-0.25, -0.2) is 9.18 Å². The van der Waals surface area contributed by atoms with E-state index in [1.807, 2.05) is 0 Å². The van der Waals surface area contributed by atoms with E-state index in [4.69, 9.17) is 21.4 Å². The summed E-state index contributed by atoms with van der Waals surface area (Å²) in [5.74, 6) is -1.11. The van der Waals surface area contributed by atoms with Crippen molar-refractivity contribution < 1.29 is 19.0 Å². The molecule has 0 aliphatic carbocycles. The van der Waals surface area contributed by atoms with Crippen molar-refractivity contribution in [1.82, 2.24) is 0 Å². The number of halogens is 2. The lowest BCUT2D eigenvalue weighted by Gasteiger charge is -2.07. The maximum absolute atomic E-state index is 12.9. The second-order valence-corrected chi connectivity index (χ2v) is 4.27. The Kier molecular flexibility index (Phi) is 4.02. The Balaban J connectivity index is 2.12. The molecule has 19 heavy (non-hydrogen) atoms. The molecule has 0 aliphatic rings. The van der Waals surface area contributed by atoms with E-state index in [0.717, 1.165) is 0 Å². The Bertz CT molecular complexity index is 613. The number of hydrogen-bond acceptors (Lipinski definition) is 2. The van der Waals surface area contributed by atoms with Crippen LogP contribution in [0, 0.1) is 5.82 Å². The number of rotatable bonds is 4. The van der Waals surface area contributed by atoms with E-state index in [0.29, 0.717) is 11.3 Å². The monoisotopic (exact) mass is 280 g/mol. The van der Waals surface area contributed by atoms with E-state index < -0.39 is 5.97 Å². The summed E-state index contributed by atoms with van der Waals surface area (Å²) in [6.07, 6.45) is 0. The summed E-state index contributed by atoms with van der Waals surface area (Å²) in [5.41, 5.74) is 0.660. The fourth-order valence-electron chi connectivity index (χ4n) is 1.55. The molecule has 0 spiro atoms. The van der Waals surface area contributed by atoms with Crippen LogP contribution in [0.1, 0.15) is 15.9 Å². The van der Waals surface area contributed by atoms with E-state index in [2.05, 4.69) is 0 Å². The van der Waals surface area contributed by atoms with Crippen LogP contribution < -0.4 is 4.74 Å². The highest BCUT2D eigenvalue weighted by Crippen LogP contribution is 2.19. The molecule has 1 N–H and O–H groups in total. The lowest BCUT2D eigenvalue weighted by atomic mass is 10.1. The van der Waals surface area contributed by atoms with Crippen molar-refractivity contribution in [2.24, 2.45) is 0 Å². The van der Waals surface area contributed by atoms with E-state index in [9.17, 15) is 9.18 Å². The van der Waals surface area contributed by atoms with Crippen LogP contribution in [-0.2, 0) is 6.61 Å². The van der Waals surface area contributed by atoms with E-state index >= 15 is 0 Å². The van der Waals surface area contributed by atoms with Gasteiger partial charge in [0.05, 0.1) is 10.6 Å². The third kappa shape index (κ3) is 3.45. The third-order valence-corrected chi connectivity index (χ3v) is 2.79. The van der Waals surface area contributed by atoms with Gasteiger partial charge in [0.25, 0.3) is 0 Å². The highest BCUT2D eigenvalue weighted by atomic mass is 35.5. The van der Waals surface area contributed by atoms with Gasteiger partial charge in [0.15, 0.2) is 0 Å². The molecule has 98 valence electrons. The van der Waals surface area contributed by atoms with Crippen LogP contribution in [0.15, 0.2) is 42.5 Å². The van der Waals surface area contributed by atoms with Crippen LogP contribution in [-0.4, -0.2) is 11.1 Å². The van der Waals surface area contributed by atoms with Crippen LogP contribution in [0.5, 0.6) is 5.75 Å². The molecule has 0 saturated heterocycles. The minimum Gasteiger partial charge on any atom is -0.489 e. The van der Waals surface area contributed by atoms with E-state index in [1.54, 1.807) is 12.1 Å². The molecule has 0 aliphatic heterocycles. The van der Waals surface area contributed by atoms with Gasteiger partial charge in [-0.05, 0) is 29.8 Å². The zero-order valence-corrected chi connectivity index (χ0v) is 10.5. The predicted octanol–water partition coefficient (Wildman–Crippen LogP) is 3.76. The van der Waals surface area contributed by atoms with E-state index in [-0.39, 0.29) is 23.0 Å². The summed E-state index contributed by atoms with van der Waals surface area (Å²) in [6, 6.07) is 10.3. The fraction of sp³-hybridized carbons (Fsp3) is 0.0714. The summed E-state index contributed by atoms with van der Waals surface area (Å²) < 4.78 is 18.3. The molecule has 0 unspecified atom stereocenters. The summed E-state index contributed by atoms with van der Waals surface area (Å²) in [5, 5.41) is 9.11. The first-order chi connectivity index (χ1) is 9.06. The first-order valence-electron chi connectivity index (χ1n) is 5.46. The van der Waals surface area contributed by atoms with Gasteiger partial charge in [0, 0.05) is 6.07 Å². The van der Waals surface area contributed by atoms with Gasteiger partial charge in [0.2, 0.25) is 0 Å². The molecule has 3 nitrogen and oxygen atoms in total. The standard InChI is InChI=1S/C14H10ClFO3/c15-13-5-4-9(6-12(13)14(17)18)8-19-11-3-1-2-10(16)7-11/h1-7H,8H2,(H,17,18). The minimum absolute atomic E-state index is 0.0157. The Morgan fingerprint density at radius 2 is 2.05 bits per heavy atom. The van der Waals surface area contributed by atoms with Gasteiger partial charge in [-0.15, -0.1) is 0 Å². The molecule has 2 aromatic rings. The molecule has 0 bridgehead atoms. The van der Waals surface area contributed by atoms with Gasteiger partial charge in [0.1, 0.15) is 18.2 Å². The SMILES string of the molecule is O=C(O)c1cc(COc2cccc(F)c2)ccc1Cl. The van der Waals surface area contributed by atoms with Crippen molar-refractivity contribution in [1.29, 1.82) is 0 Å². The van der Waals surface area contributed by atoms with Crippen molar-refractivity contribution in [2.75, 3.05) is 0 Å². The molecule has 0 heterocycles. The predicted molar refractivity (Wildman–Crippen MR) is 69.1 cm³/mol. The zero-order chi connectivity index (χ0) is 13.8. The van der Waals surface area contributed by atoms with Crippen LogP contribution in [0.25, 0.3) is 0 Å². The lowest BCUT2D eigenvalue weighted by molar-refractivity contribution is 0.0697. The van der Waals surface area contributed by atoms with Crippen molar-refractivity contribution in [3.05, 3.63) is 64.4 Å².